The molecular weight excluding hydrogens is 178 g/mol. The van der Waals surface area contributed by atoms with E-state index in [0.29, 0.717) is 11.8 Å². The third kappa shape index (κ3) is 2.34. The summed E-state index contributed by atoms with van der Waals surface area (Å²) in [6.45, 7) is 6.58. The van der Waals surface area contributed by atoms with Gasteiger partial charge in [-0.1, -0.05) is 20.8 Å². The molecule has 1 aromatic rings. The summed E-state index contributed by atoms with van der Waals surface area (Å²) in [6.07, 6.45) is 3.50. The van der Waals surface area contributed by atoms with Crippen molar-refractivity contribution in [1.82, 2.24) is 9.55 Å². The zero-order chi connectivity index (χ0) is 10.7. The number of hydrogen-bond acceptors (Lipinski definition) is 2. The molecule has 0 radical (unpaired) electrons. The Balaban J connectivity index is 2.86. The van der Waals surface area contributed by atoms with E-state index in [2.05, 4.69) is 25.8 Å². The van der Waals surface area contributed by atoms with Gasteiger partial charge < -0.3 is 10.3 Å². The van der Waals surface area contributed by atoms with Crippen LogP contribution in [-0.4, -0.2) is 15.5 Å². The molecule has 0 bridgehead atoms. The number of aromatic nitrogens is 2. The first kappa shape index (κ1) is 10.8. The van der Waals surface area contributed by atoms with Crippen molar-refractivity contribution in [3.8, 4) is 0 Å². The zero-order valence-corrected chi connectivity index (χ0v) is 8.90. The predicted molar refractivity (Wildman–Crippen MR) is 54.7 cm³/mol. The third-order valence-corrected chi connectivity index (χ3v) is 2.48. The normalized spacial score (nSPS) is 13.1. The quantitative estimate of drug-likeness (QED) is 0.782. The van der Waals surface area contributed by atoms with Gasteiger partial charge in [0.05, 0.1) is 0 Å². The van der Waals surface area contributed by atoms with Crippen LogP contribution in [0.4, 0.5) is 0 Å². The van der Waals surface area contributed by atoms with Gasteiger partial charge in [-0.25, -0.2) is 4.98 Å². The highest BCUT2D eigenvalue weighted by Crippen LogP contribution is 2.21. The monoisotopic (exact) mass is 195 g/mol. The van der Waals surface area contributed by atoms with Gasteiger partial charge in [-0.15, -0.1) is 0 Å². The second kappa shape index (κ2) is 4.26. The topological polar surface area (TPSA) is 60.9 Å². The van der Waals surface area contributed by atoms with E-state index in [1.807, 2.05) is 4.57 Å². The summed E-state index contributed by atoms with van der Waals surface area (Å²) in [7, 11) is 0. The van der Waals surface area contributed by atoms with Gasteiger partial charge in [0.25, 0.3) is 0 Å². The SMILES string of the molecule is CC(C)C(C)c1nccn1CC(N)=O. The van der Waals surface area contributed by atoms with Gasteiger partial charge in [-0.05, 0) is 5.92 Å². The molecule has 2 N–H and O–H groups in total. The summed E-state index contributed by atoms with van der Waals surface area (Å²) in [5.74, 6) is 1.44. The van der Waals surface area contributed by atoms with Crippen LogP contribution < -0.4 is 5.73 Å². The van der Waals surface area contributed by atoms with Crippen molar-refractivity contribution in [2.75, 3.05) is 0 Å². The molecule has 1 atom stereocenters. The zero-order valence-electron chi connectivity index (χ0n) is 8.90. The van der Waals surface area contributed by atoms with Crippen LogP contribution in [-0.2, 0) is 11.3 Å². The molecule has 14 heavy (non-hydrogen) atoms. The van der Waals surface area contributed by atoms with Gasteiger partial charge in [0, 0.05) is 18.3 Å². The molecule has 1 rings (SSSR count). The highest BCUT2D eigenvalue weighted by Gasteiger charge is 2.15. The third-order valence-electron chi connectivity index (χ3n) is 2.48. The van der Waals surface area contributed by atoms with Crippen molar-refractivity contribution in [3.05, 3.63) is 18.2 Å². The van der Waals surface area contributed by atoms with Crippen LogP contribution in [0.15, 0.2) is 12.4 Å². The summed E-state index contributed by atoms with van der Waals surface area (Å²) < 4.78 is 1.81. The van der Waals surface area contributed by atoms with E-state index in [-0.39, 0.29) is 12.5 Å². The fourth-order valence-electron chi connectivity index (χ4n) is 1.32. The van der Waals surface area contributed by atoms with Crippen molar-refractivity contribution in [2.45, 2.75) is 33.2 Å². The van der Waals surface area contributed by atoms with Crippen LogP contribution in [0, 0.1) is 5.92 Å². The molecule has 0 fully saturated rings. The summed E-state index contributed by atoms with van der Waals surface area (Å²) in [4.78, 5) is 15.0. The summed E-state index contributed by atoms with van der Waals surface area (Å²) in [6, 6.07) is 0. The lowest BCUT2D eigenvalue weighted by Crippen LogP contribution is -2.21. The van der Waals surface area contributed by atoms with Gasteiger partial charge in [0.15, 0.2) is 0 Å². The van der Waals surface area contributed by atoms with E-state index in [4.69, 9.17) is 5.73 Å². The van der Waals surface area contributed by atoms with Crippen LogP contribution >= 0.6 is 0 Å². The number of rotatable bonds is 4. The number of nitrogens with two attached hydrogens (primary N) is 1. The van der Waals surface area contributed by atoms with Gasteiger partial charge >= 0.3 is 0 Å². The molecule has 4 nitrogen and oxygen atoms in total. The molecule has 78 valence electrons. The average Bonchev–Trinajstić information content (AvgIpc) is 2.49. The molecule has 1 unspecified atom stereocenters. The Labute approximate surface area is 84.1 Å². The Hall–Kier alpha value is -1.32. The molecule has 0 saturated carbocycles. The molecule has 0 aromatic carbocycles. The van der Waals surface area contributed by atoms with E-state index >= 15 is 0 Å². The molecule has 0 aliphatic rings. The van der Waals surface area contributed by atoms with Gasteiger partial charge in [-0.2, -0.15) is 0 Å². The lowest BCUT2D eigenvalue weighted by atomic mass is 9.97. The first-order valence-corrected chi connectivity index (χ1v) is 4.81. The van der Waals surface area contributed by atoms with Crippen molar-refractivity contribution >= 4 is 5.91 Å². The number of primary amides is 1. The Morgan fingerprint density at radius 2 is 2.21 bits per heavy atom. The van der Waals surface area contributed by atoms with Crippen molar-refractivity contribution < 1.29 is 4.79 Å². The second-order valence-corrected chi connectivity index (χ2v) is 3.91. The molecule has 4 heteroatoms. The highest BCUT2D eigenvalue weighted by molar-refractivity contribution is 5.73. The molecule has 1 aromatic heterocycles. The predicted octanol–water partition coefficient (Wildman–Crippen LogP) is 1.13. The molecule has 1 amide bonds. The Bertz CT molecular complexity index is 317. The minimum atomic E-state index is -0.333. The minimum Gasteiger partial charge on any atom is -0.368 e. The maximum Gasteiger partial charge on any atom is 0.237 e. The van der Waals surface area contributed by atoms with E-state index in [1.54, 1.807) is 12.4 Å². The van der Waals surface area contributed by atoms with E-state index in [1.165, 1.54) is 0 Å². The molecule has 0 saturated heterocycles. The van der Waals surface area contributed by atoms with Crippen molar-refractivity contribution in [3.63, 3.8) is 0 Å². The van der Waals surface area contributed by atoms with Crippen LogP contribution in [0.3, 0.4) is 0 Å². The standard InChI is InChI=1S/C10H17N3O/c1-7(2)8(3)10-12-4-5-13(10)6-9(11)14/h4-5,7-8H,6H2,1-3H3,(H2,11,14). The molecule has 1 heterocycles. The van der Waals surface area contributed by atoms with Gasteiger partial charge in [0.1, 0.15) is 12.4 Å². The molecular formula is C10H17N3O. The van der Waals surface area contributed by atoms with Crippen LogP contribution in [0.2, 0.25) is 0 Å². The molecule has 0 aliphatic carbocycles. The summed E-state index contributed by atoms with van der Waals surface area (Å²) in [5, 5.41) is 0. The first-order valence-electron chi connectivity index (χ1n) is 4.81. The number of nitrogens with zero attached hydrogens (tertiary/aromatic N) is 2. The van der Waals surface area contributed by atoms with Gasteiger partial charge in [-0.3, -0.25) is 4.79 Å². The van der Waals surface area contributed by atoms with Crippen molar-refractivity contribution in [2.24, 2.45) is 11.7 Å². The van der Waals surface area contributed by atoms with Gasteiger partial charge in [0.2, 0.25) is 5.91 Å². The maximum absolute atomic E-state index is 10.8. The lowest BCUT2D eigenvalue weighted by Gasteiger charge is -2.16. The molecule has 0 spiro atoms. The first-order chi connectivity index (χ1) is 6.52. The lowest BCUT2D eigenvalue weighted by molar-refractivity contribution is -0.118. The second-order valence-electron chi connectivity index (χ2n) is 3.91. The fourth-order valence-corrected chi connectivity index (χ4v) is 1.32. The van der Waals surface area contributed by atoms with E-state index in [0.717, 1.165) is 5.82 Å². The number of imidazole rings is 1. The van der Waals surface area contributed by atoms with E-state index in [9.17, 15) is 4.79 Å². The number of carbonyl (C=O) groups excluding carboxylic acids is 1. The average molecular weight is 195 g/mol. The number of hydrogen-bond donors (Lipinski definition) is 1. The number of carbonyl (C=O) groups is 1. The Morgan fingerprint density at radius 1 is 1.57 bits per heavy atom. The van der Waals surface area contributed by atoms with Crippen LogP contribution in [0.25, 0.3) is 0 Å². The van der Waals surface area contributed by atoms with E-state index < -0.39 is 0 Å². The highest BCUT2D eigenvalue weighted by atomic mass is 16.1. The van der Waals surface area contributed by atoms with Crippen LogP contribution in [0.5, 0.6) is 0 Å². The Kier molecular flexibility index (Phi) is 3.28. The Morgan fingerprint density at radius 3 is 2.71 bits per heavy atom. The fraction of sp³-hybridized carbons (Fsp3) is 0.600. The maximum atomic E-state index is 10.8. The van der Waals surface area contributed by atoms with Crippen LogP contribution in [0.1, 0.15) is 32.5 Å². The van der Waals surface area contributed by atoms with Crippen molar-refractivity contribution in [1.29, 1.82) is 0 Å². The number of amides is 1. The largest absolute Gasteiger partial charge is 0.368 e. The smallest absolute Gasteiger partial charge is 0.237 e. The summed E-state index contributed by atoms with van der Waals surface area (Å²) >= 11 is 0. The summed E-state index contributed by atoms with van der Waals surface area (Å²) in [5.41, 5.74) is 5.14. The minimum absolute atomic E-state index is 0.215. The molecule has 0 aliphatic heterocycles.